The zero-order chi connectivity index (χ0) is 13.1. The van der Waals surface area contributed by atoms with Crippen LogP contribution in [0.3, 0.4) is 0 Å². The minimum absolute atomic E-state index is 0.408. The molecule has 0 amide bonds. The van der Waals surface area contributed by atoms with Gasteiger partial charge in [-0.2, -0.15) is 0 Å². The van der Waals surface area contributed by atoms with Crippen LogP contribution in [-0.4, -0.2) is 7.05 Å². The number of alkyl halides is 1. The molecule has 0 aliphatic carbocycles. The summed E-state index contributed by atoms with van der Waals surface area (Å²) in [7, 11) is 2.03. The molecule has 0 aliphatic rings. The van der Waals surface area contributed by atoms with Crippen LogP contribution in [0, 0.1) is 6.92 Å². The lowest BCUT2D eigenvalue weighted by atomic mass is 10.1. The van der Waals surface area contributed by atoms with Crippen molar-refractivity contribution in [1.29, 1.82) is 0 Å². The average molecular weight is 280 g/mol. The Balaban J connectivity index is 2.50. The van der Waals surface area contributed by atoms with E-state index in [1.165, 1.54) is 5.56 Å². The normalized spacial score (nSPS) is 10.4. The Kier molecular flexibility index (Phi) is 4.15. The molecule has 0 saturated heterocycles. The maximum Gasteiger partial charge on any atom is 0.0509 e. The molecule has 0 aromatic heterocycles. The Morgan fingerprint density at radius 3 is 2.33 bits per heavy atom. The van der Waals surface area contributed by atoms with Crippen molar-refractivity contribution in [3.8, 4) is 0 Å². The van der Waals surface area contributed by atoms with E-state index in [-0.39, 0.29) is 0 Å². The number of para-hydroxylation sites is 1. The Labute approximate surface area is 118 Å². The molecule has 2 aromatic carbocycles. The molecule has 0 saturated carbocycles. The van der Waals surface area contributed by atoms with Gasteiger partial charge >= 0.3 is 0 Å². The third-order valence-electron chi connectivity index (χ3n) is 3.07. The van der Waals surface area contributed by atoms with Gasteiger partial charge in [0.25, 0.3) is 0 Å². The fourth-order valence-electron chi connectivity index (χ4n) is 2.06. The first-order valence-corrected chi connectivity index (χ1v) is 6.69. The van der Waals surface area contributed by atoms with Crippen LogP contribution in [0.2, 0.25) is 5.02 Å². The molecule has 2 aromatic rings. The largest absolute Gasteiger partial charge is 0.344 e. The predicted molar refractivity (Wildman–Crippen MR) is 80.3 cm³/mol. The summed E-state index contributed by atoms with van der Waals surface area (Å²) < 4.78 is 0. The van der Waals surface area contributed by atoms with Gasteiger partial charge in [-0.1, -0.05) is 35.9 Å². The quantitative estimate of drug-likeness (QED) is 0.702. The maximum absolute atomic E-state index is 6.19. The third kappa shape index (κ3) is 2.47. The van der Waals surface area contributed by atoms with Gasteiger partial charge in [0.05, 0.1) is 5.88 Å². The summed E-state index contributed by atoms with van der Waals surface area (Å²) in [5, 5.41) is 0.711. The number of nitrogens with zero attached hydrogens (tertiary/aromatic N) is 1. The second kappa shape index (κ2) is 5.64. The van der Waals surface area contributed by atoms with E-state index in [1.807, 2.05) is 37.4 Å². The lowest BCUT2D eigenvalue weighted by Gasteiger charge is -2.24. The van der Waals surface area contributed by atoms with Crippen LogP contribution in [0.1, 0.15) is 11.1 Å². The van der Waals surface area contributed by atoms with E-state index >= 15 is 0 Å². The molecule has 3 heteroatoms. The summed E-state index contributed by atoms with van der Waals surface area (Å²) >= 11 is 12.2. The summed E-state index contributed by atoms with van der Waals surface area (Å²) in [6.45, 7) is 2.09. The van der Waals surface area contributed by atoms with Gasteiger partial charge in [0.15, 0.2) is 0 Å². The van der Waals surface area contributed by atoms with Crippen molar-refractivity contribution in [1.82, 2.24) is 0 Å². The van der Waals surface area contributed by atoms with Crippen molar-refractivity contribution >= 4 is 34.6 Å². The highest BCUT2D eigenvalue weighted by atomic mass is 35.5. The van der Waals surface area contributed by atoms with E-state index in [9.17, 15) is 0 Å². The predicted octanol–water partition coefficient (Wildman–Crippen LogP) is 5.16. The molecule has 0 N–H and O–H groups in total. The third-order valence-corrected chi connectivity index (χ3v) is 3.69. The van der Waals surface area contributed by atoms with Crippen molar-refractivity contribution in [2.75, 3.05) is 11.9 Å². The molecule has 0 unspecified atom stereocenters. The summed E-state index contributed by atoms with van der Waals surface area (Å²) in [4.78, 5) is 2.12. The van der Waals surface area contributed by atoms with E-state index in [0.29, 0.717) is 10.9 Å². The molecular formula is C15H15Cl2N. The van der Waals surface area contributed by atoms with Crippen LogP contribution < -0.4 is 4.90 Å². The zero-order valence-corrected chi connectivity index (χ0v) is 12.0. The molecule has 18 heavy (non-hydrogen) atoms. The van der Waals surface area contributed by atoms with Crippen LogP contribution in [0.4, 0.5) is 11.4 Å². The second-order valence-corrected chi connectivity index (χ2v) is 4.89. The lowest BCUT2D eigenvalue weighted by molar-refractivity contribution is 1.16. The van der Waals surface area contributed by atoms with Crippen molar-refractivity contribution in [2.45, 2.75) is 12.8 Å². The van der Waals surface area contributed by atoms with Gasteiger partial charge in [-0.15, -0.1) is 11.6 Å². The molecule has 0 fully saturated rings. The summed E-state index contributed by atoms with van der Waals surface area (Å²) in [5.74, 6) is 0.408. The topological polar surface area (TPSA) is 3.24 Å². The maximum atomic E-state index is 6.19. The van der Waals surface area contributed by atoms with E-state index < -0.39 is 0 Å². The number of benzene rings is 2. The highest BCUT2D eigenvalue weighted by molar-refractivity contribution is 6.32. The molecule has 0 aliphatic heterocycles. The Hall–Kier alpha value is -1.18. The minimum Gasteiger partial charge on any atom is -0.344 e. The number of hydrogen-bond acceptors (Lipinski definition) is 1. The van der Waals surface area contributed by atoms with E-state index in [0.717, 1.165) is 16.9 Å². The van der Waals surface area contributed by atoms with Gasteiger partial charge in [-0.05, 0) is 30.7 Å². The molecule has 0 heterocycles. The number of aryl methyl sites for hydroxylation is 1. The van der Waals surface area contributed by atoms with Crippen LogP contribution in [0.15, 0.2) is 42.5 Å². The van der Waals surface area contributed by atoms with Crippen LogP contribution in [0.5, 0.6) is 0 Å². The summed E-state index contributed by atoms with van der Waals surface area (Å²) in [5.41, 5.74) is 4.39. The molecule has 1 nitrogen and oxygen atoms in total. The van der Waals surface area contributed by atoms with Gasteiger partial charge in [0.1, 0.15) is 0 Å². The van der Waals surface area contributed by atoms with Crippen LogP contribution in [-0.2, 0) is 5.88 Å². The van der Waals surface area contributed by atoms with Gasteiger partial charge in [-0.25, -0.2) is 0 Å². The summed E-state index contributed by atoms with van der Waals surface area (Å²) in [6, 6.07) is 14.1. The summed E-state index contributed by atoms with van der Waals surface area (Å²) in [6.07, 6.45) is 0. The molecule has 0 bridgehead atoms. The first-order chi connectivity index (χ1) is 8.65. The fraction of sp³-hybridized carbons (Fsp3) is 0.200. The molecule has 0 radical (unpaired) electrons. The van der Waals surface area contributed by atoms with Gasteiger partial charge < -0.3 is 4.90 Å². The highest BCUT2D eigenvalue weighted by Crippen LogP contribution is 2.33. The number of hydrogen-bond donors (Lipinski definition) is 0. The Morgan fingerprint density at radius 1 is 1.00 bits per heavy atom. The van der Waals surface area contributed by atoms with E-state index in [4.69, 9.17) is 23.2 Å². The highest BCUT2D eigenvalue weighted by Gasteiger charge is 2.12. The van der Waals surface area contributed by atoms with Crippen molar-refractivity contribution < 1.29 is 0 Å². The second-order valence-electron chi connectivity index (χ2n) is 4.22. The van der Waals surface area contributed by atoms with Crippen molar-refractivity contribution in [3.05, 3.63) is 58.6 Å². The Bertz CT molecular complexity index is 552. The molecule has 0 spiro atoms. The van der Waals surface area contributed by atoms with Gasteiger partial charge in [0.2, 0.25) is 0 Å². The van der Waals surface area contributed by atoms with Gasteiger partial charge in [-0.3, -0.25) is 0 Å². The van der Waals surface area contributed by atoms with E-state index in [2.05, 4.69) is 24.0 Å². The van der Waals surface area contributed by atoms with E-state index in [1.54, 1.807) is 0 Å². The standard InChI is InChI=1S/C15H15Cl2N/c1-11-6-3-4-8-14(11)18(2)15-9-5-7-13(17)12(15)10-16/h3-9H,10H2,1-2H3. The molecule has 94 valence electrons. The molecular weight excluding hydrogens is 265 g/mol. The number of halogens is 2. The monoisotopic (exact) mass is 279 g/mol. The first kappa shape index (κ1) is 13.3. The van der Waals surface area contributed by atoms with Crippen LogP contribution in [0.25, 0.3) is 0 Å². The minimum atomic E-state index is 0.408. The lowest BCUT2D eigenvalue weighted by Crippen LogP contribution is -2.12. The van der Waals surface area contributed by atoms with Gasteiger partial charge in [0, 0.05) is 29.0 Å². The average Bonchev–Trinajstić information content (AvgIpc) is 2.38. The van der Waals surface area contributed by atoms with Crippen molar-refractivity contribution in [3.63, 3.8) is 0 Å². The SMILES string of the molecule is Cc1ccccc1N(C)c1cccc(Cl)c1CCl. The fourth-order valence-corrected chi connectivity index (χ4v) is 2.65. The van der Waals surface area contributed by atoms with Crippen molar-refractivity contribution in [2.24, 2.45) is 0 Å². The number of anilines is 2. The molecule has 2 rings (SSSR count). The smallest absolute Gasteiger partial charge is 0.0509 e. The zero-order valence-electron chi connectivity index (χ0n) is 10.5. The number of rotatable bonds is 3. The first-order valence-electron chi connectivity index (χ1n) is 5.78. The molecule has 0 atom stereocenters. The van der Waals surface area contributed by atoms with Crippen LogP contribution >= 0.6 is 23.2 Å². The Morgan fingerprint density at radius 2 is 1.67 bits per heavy atom.